The zero-order valence-corrected chi connectivity index (χ0v) is 16.5. The Bertz CT molecular complexity index is 678. The second kappa shape index (κ2) is 8.94. The summed E-state index contributed by atoms with van der Waals surface area (Å²) in [4.78, 5) is 11.6. The summed E-state index contributed by atoms with van der Waals surface area (Å²) in [6, 6.07) is 9.55. The lowest BCUT2D eigenvalue weighted by molar-refractivity contribution is 0.237. The zero-order valence-electron chi connectivity index (χ0n) is 14.9. The largest absolute Gasteiger partial charge is 0.492 e. The smallest absolute Gasteiger partial charge is 0.315 e. The van der Waals surface area contributed by atoms with E-state index in [1.807, 2.05) is 12.1 Å². The minimum absolute atomic E-state index is 0.105. The Morgan fingerprint density at radius 3 is 2.68 bits per heavy atom. The lowest BCUT2D eigenvalue weighted by Gasteiger charge is -2.20. The summed E-state index contributed by atoms with van der Waals surface area (Å²) in [5, 5.41) is 5.52. The van der Waals surface area contributed by atoms with E-state index in [1.54, 1.807) is 12.3 Å². The SMILES string of the molecule is CC(C)(C)c1ccc(OCCCNC(=O)NCc2ccco2)c(Br)c1. The van der Waals surface area contributed by atoms with Crippen LogP contribution in [0.3, 0.4) is 0 Å². The van der Waals surface area contributed by atoms with E-state index in [-0.39, 0.29) is 11.4 Å². The molecule has 5 nitrogen and oxygen atoms in total. The third kappa shape index (κ3) is 6.46. The number of amides is 2. The molecule has 0 radical (unpaired) electrons. The Balaban J connectivity index is 1.65. The number of carbonyl (C=O) groups is 1. The van der Waals surface area contributed by atoms with Crippen LogP contribution in [-0.2, 0) is 12.0 Å². The molecule has 2 aromatic rings. The first-order valence-corrected chi connectivity index (χ1v) is 9.12. The molecule has 1 aromatic heterocycles. The molecule has 1 aromatic carbocycles. The minimum Gasteiger partial charge on any atom is -0.492 e. The standard InChI is InChI=1S/C19H25BrN2O3/c1-19(2,3)14-7-8-17(16(20)12-14)25-11-5-9-21-18(23)22-13-15-6-4-10-24-15/h4,6-8,10,12H,5,9,11,13H2,1-3H3,(H2,21,22,23). The van der Waals surface area contributed by atoms with Gasteiger partial charge in [-0.25, -0.2) is 4.79 Å². The number of hydrogen-bond donors (Lipinski definition) is 2. The van der Waals surface area contributed by atoms with Crippen LogP contribution in [0.5, 0.6) is 5.75 Å². The maximum absolute atomic E-state index is 11.6. The van der Waals surface area contributed by atoms with Gasteiger partial charge in [0, 0.05) is 6.54 Å². The molecular weight excluding hydrogens is 384 g/mol. The summed E-state index contributed by atoms with van der Waals surface area (Å²) in [5.74, 6) is 1.54. The van der Waals surface area contributed by atoms with Crippen molar-refractivity contribution in [2.75, 3.05) is 13.2 Å². The molecule has 0 saturated carbocycles. The highest BCUT2D eigenvalue weighted by atomic mass is 79.9. The van der Waals surface area contributed by atoms with Crippen LogP contribution in [0.4, 0.5) is 4.79 Å². The molecule has 0 aliphatic rings. The first-order chi connectivity index (χ1) is 11.9. The van der Waals surface area contributed by atoms with Crippen LogP contribution in [0.2, 0.25) is 0 Å². The number of ether oxygens (including phenoxy) is 1. The highest BCUT2D eigenvalue weighted by Crippen LogP contribution is 2.31. The molecule has 0 saturated heterocycles. The van der Waals surface area contributed by atoms with Crippen molar-refractivity contribution in [3.8, 4) is 5.75 Å². The molecule has 0 aliphatic heterocycles. The average Bonchev–Trinajstić information content (AvgIpc) is 3.06. The van der Waals surface area contributed by atoms with E-state index in [0.29, 0.717) is 19.7 Å². The normalized spacial score (nSPS) is 11.2. The molecular formula is C19H25BrN2O3. The zero-order chi connectivity index (χ0) is 18.3. The Morgan fingerprint density at radius 2 is 2.04 bits per heavy atom. The Morgan fingerprint density at radius 1 is 1.24 bits per heavy atom. The summed E-state index contributed by atoms with van der Waals surface area (Å²) in [7, 11) is 0. The summed E-state index contributed by atoms with van der Waals surface area (Å²) < 4.78 is 11.9. The number of hydrogen-bond acceptors (Lipinski definition) is 3. The van der Waals surface area contributed by atoms with E-state index in [0.717, 1.165) is 22.4 Å². The predicted octanol–water partition coefficient (Wildman–Crippen LogP) is 4.61. The van der Waals surface area contributed by atoms with E-state index in [1.165, 1.54) is 5.56 Å². The van der Waals surface area contributed by atoms with Crippen molar-refractivity contribution >= 4 is 22.0 Å². The number of halogens is 1. The van der Waals surface area contributed by atoms with Crippen LogP contribution in [-0.4, -0.2) is 19.2 Å². The summed E-state index contributed by atoms with van der Waals surface area (Å²) in [6.45, 7) is 7.99. The highest BCUT2D eigenvalue weighted by molar-refractivity contribution is 9.10. The number of carbonyl (C=O) groups excluding carboxylic acids is 1. The van der Waals surface area contributed by atoms with Crippen LogP contribution in [0.15, 0.2) is 45.5 Å². The third-order valence-electron chi connectivity index (χ3n) is 3.67. The van der Waals surface area contributed by atoms with Crippen LogP contribution < -0.4 is 15.4 Å². The number of benzene rings is 1. The molecule has 136 valence electrons. The molecule has 0 spiro atoms. The lowest BCUT2D eigenvalue weighted by Crippen LogP contribution is -2.35. The van der Waals surface area contributed by atoms with Crippen molar-refractivity contribution < 1.29 is 13.9 Å². The van der Waals surface area contributed by atoms with Gasteiger partial charge in [-0.3, -0.25) is 0 Å². The monoisotopic (exact) mass is 408 g/mol. The molecule has 2 rings (SSSR count). The fraction of sp³-hybridized carbons (Fsp3) is 0.421. The molecule has 1 heterocycles. The van der Waals surface area contributed by atoms with Gasteiger partial charge in [0.05, 0.1) is 23.9 Å². The molecule has 0 aliphatic carbocycles. The van der Waals surface area contributed by atoms with Crippen LogP contribution >= 0.6 is 15.9 Å². The quantitative estimate of drug-likeness (QED) is 0.657. The fourth-order valence-electron chi connectivity index (χ4n) is 2.18. The second-order valence-corrected chi connectivity index (χ2v) is 7.64. The molecule has 0 atom stereocenters. The van der Waals surface area contributed by atoms with E-state index in [4.69, 9.17) is 9.15 Å². The van der Waals surface area contributed by atoms with Gasteiger partial charge >= 0.3 is 6.03 Å². The number of rotatable bonds is 7. The van der Waals surface area contributed by atoms with Crippen LogP contribution in [0, 0.1) is 0 Å². The maximum atomic E-state index is 11.6. The van der Waals surface area contributed by atoms with Gasteiger partial charge in [-0.05, 0) is 57.6 Å². The predicted molar refractivity (Wildman–Crippen MR) is 102 cm³/mol. The summed E-state index contributed by atoms with van der Waals surface area (Å²) in [5.41, 5.74) is 1.36. The van der Waals surface area contributed by atoms with Gasteiger partial charge in [0.15, 0.2) is 0 Å². The molecule has 0 fully saturated rings. The average molecular weight is 409 g/mol. The van der Waals surface area contributed by atoms with Gasteiger partial charge in [0.2, 0.25) is 0 Å². The Labute approximate surface area is 157 Å². The van der Waals surface area contributed by atoms with E-state index in [9.17, 15) is 4.79 Å². The Kier molecular flexibility index (Phi) is 6.93. The van der Waals surface area contributed by atoms with Gasteiger partial charge in [0.1, 0.15) is 11.5 Å². The fourth-order valence-corrected chi connectivity index (χ4v) is 2.68. The molecule has 2 amide bonds. The van der Waals surface area contributed by atoms with Gasteiger partial charge in [0.25, 0.3) is 0 Å². The van der Waals surface area contributed by atoms with E-state index >= 15 is 0 Å². The van der Waals surface area contributed by atoms with Crippen LogP contribution in [0.1, 0.15) is 38.5 Å². The van der Waals surface area contributed by atoms with Gasteiger partial charge in [-0.15, -0.1) is 0 Å². The van der Waals surface area contributed by atoms with Gasteiger partial charge in [-0.2, -0.15) is 0 Å². The maximum Gasteiger partial charge on any atom is 0.315 e. The second-order valence-electron chi connectivity index (χ2n) is 6.79. The Hall–Kier alpha value is -1.95. The highest BCUT2D eigenvalue weighted by Gasteiger charge is 2.15. The molecule has 0 bridgehead atoms. The van der Waals surface area contributed by atoms with Crippen molar-refractivity contribution in [2.24, 2.45) is 0 Å². The first-order valence-electron chi connectivity index (χ1n) is 8.33. The van der Waals surface area contributed by atoms with Gasteiger partial charge in [-0.1, -0.05) is 26.8 Å². The molecule has 6 heteroatoms. The van der Waals surface area contributed by atoms with Crippen molar-refractivity contribution in [2.45, 2.75) is 39.2 Å². The number of urea groups is 1. The minimum atomic E-state index is -0.216. The molecule has 2 N–H and O–H groups in total. The number of nitrogens with one attached hydrogen (secondary N) is 2. The van der Waals surface area contributed by atoms with Gasteiger partial charge < -0.3 is 19.8 Å². The van der Waals surface area contributed by atoms with Crippen LogP contribution in [0.25, 0.3) is 0 Å². The van der Waals surface area contributed by atoms with Crippen molar-refractivity contribution in [1.29, 1.82) is 0 Å². The molecule has 25 heavy (non-hydrogen) atoms. The number of furan rings is 1. The van der Waals surface area contributed by atoms with Crippen molar-refractivity contribution in [3.05, 3.63) is 52.4 Å². The van der Waals surface area contributed by atoms with Crippen molar-refractivity contribution in [1.82, 2.24) is 10.6 Å². The van der Waals surface area contributed by atoms with E-state index < -0.39 is 0 Å². The topological polar surface area (TPSA) is 63.5 Å². The first kappa shape index (κ1) is 19.4. The third-order valence-corrected chi connectivity index (χ3v) is 4.29. The molecule has 0 unspecified atom stereocenters. The lowest BCUT2D eigenvalue weighted by atomic mass is 9.87. The van der Waals surface area contributed by atoms with E-state index in [2.05, 4.69) is 59.5 Å². The van der Waals surface area contributed by atoms with Crippen molar-refractivity contribution in [3.63, 3.8) is 0 Å². The summed E-state index contributed by atoms with van der Waals surface area (Å²) in [6.07, 6.45) is 2.31. The summed E-state index contributed by atoms with van der Waals surface area (Å²) >= 11 is 3.56.